The molecule has 0 saturated carbocycles. The normalized spacial score (nSPS) is 13.7. The number of ether oxygens (including phenoxy) is 3. The number of rotatable bonds is 6. The van der Waals surface area contributed by atoms with Gasteiger partial charge in [-0.3, -0.25) is 19.7 Å². The summed E-state index contributed by atoms with van der Waals surface area (Å²) in [4.78, 5) is 46.8. The first-order valence-electron chi connectivity index (χ1n) is 8.55. The summed E-state index contributed by atoms with van der Waals surface area (Å²) in [7, 11) is 1.35. The number of carbonyl (C=O) groups excluding carboxylic acids is 4. The summed E-state index contributed by atoms with van der Waals surface area (Å²) in [6.07, 6.45) is -0.661. The van der Waals surface area contributed by atoms with Crippen LogP contribution in [0.15, 0.2) is 18.2 Å². The van der Waals surface area contributed by atoms with Crippen LogP contribution in [0.4, 0.5) is 4.79 Å². The monoisotopic (exact) mass is 378 g/mol. The zero-order valence-corrected chi connectivity index (χ0v) is 15.2. The molecule has 1 aromatic rings. The minimum Gasteiger partial charge on any atom is -0.490 e. The molecule has 0 aromatic heterocycles. The smallest absolute Gasteiger partial charge is 0.321 e. The first-order valence-corrected chi connectivity index (χ1v) is 8.55. The Balaban J connectivity index is 1.84. The first kappa shape index (κ1) is 20.2. The Hall–Kier alpha value is -3.10. The fraction of sp³-hybridized carbons (Fsp3) is 0.444. The second-order valence-electron chi connectivity index (χ2n) is 5.84. The van der Waals surface area contributed by atoms with Crippen molar-refractivity contribution in [1.82, 2.24) is 10.6 Å². The average molecular weight is 378 g/mol. The molecular formula is C18H22N2O7. The molecule has 0 radical (unpaired) electrons. The molecule has 1 atom stereocenters. The number of hydrogen-bond acceptors (Lipinski definition) is 7. The second-order valence-corrected chi connectivity index (χ2v) is 5.84. The van der Waals surface area contributed by atoms with Gasteiger partial charge in [-0.1, -0.05) is 0 Å². The van der Waals surface area contributed by atoms with Crippen molar-refractivity contribution >= 4 is 23.7 Å². The third-order valence-corrected chi connectivity index (χ3v) is 3.77. The highest BCUT2D eigenvalue weighted by atomic mass is 16.5. The number of fused-ring (bicyclic) bond motifs is 1. The number of urea groups is 1. The largest absolute Gasteiger partial charge is 0.490 e. The van der Waals surface area contributed by atoms with Crippen LogP contribution in [-0.2, 0) is 14.3 Å². The van der Waals surface area contributed by atoms with E-state index < -0.39 is 24.0 Å². The summed E-state index contributed by atoms with van der Waals surface area (Å²) in [5.41, 5.74) is 0.400. The molecule has 2 rings (SSSR count). The molecule has 146 valence electrons. The molecule has 0 fully saturated rings. The van der Waals surface area contributed by atoms with Crippen LogP contribution in [0.5, 0.6) is 11.5 Å². The molecule has 0 spiro atoms. The van der Waals surface area contributed by atoms with Crippen molar-refractivity contribution in [2.45, 2.75) is 32.3 Å². The number of ketones is 1. The number of nitrogens with one attached hydrogen (secondary N) is 2. The lowest BCUT2D eigenvalue weighted by Crippen LogP contribution is -2.43. The quantitative estimate of drug-likeness (QED) is 0.564. The molecule has 0 saturated heterocycles. The van der Waals surface area contributed by atoms with Crippen molar-refractivity contribution < 1.29 is 33.4 Å². The van der Waals surface area contributed by atoms with E-state index in [4.69, 9.17) is 14.2 Å². The Morgan fingerprint density at radius 1 is 1.11 bits per heavy atom. The summed E-state index contributed by atoms with van der Waals surface area (Å²) < 4.78 is 16.0. The second kappa shape index (κ2) is 9.56. The van der Waals surface area contributed by atoms with E-state index >= 15 is 0 Å². The Morgan fingerprint density at radius 3 is 2.52 bits per heavy atom. The van der Waals surface area contributed by atoms with E-state index in [0.717, 1.165) is 6.42 Å². The third kappa shape index (κ3) is 5.98. The SMILES string of the molecule is CNC(=O)NC(=O)[C@H](C)OC(=O)CCC(=O)c1ccc2c(c1)OCCCO2. The van der Waals surface area contributed by atoms with Crippen molar-refractivity contribution in [1.29, 1.82) is 0 Å². The lowest BCUT2D eigenvalue weighted by atomic mass is 10.1. The van der Waals surface area contributed by atoms with Gasteiger partial charge in [-0.2, -0.15) is 0 Å². The lowest BCUT2D eigenvalue weighted by Gasteiger charge is -2.12. The van der Waals surface area contributed by atoms with Gasteiger partial charge in [0, 0.05) is 25.5 Å². The van der Waals surface area contributed by atoms with Gasteiger partial charge in [0.1, 0.15) is 0 Å². The predicted molar refractivity (Wildman–Crippen MR) is 93.8 cm³/mol. The average Bonchev–Trinajstić information content (AvgIpc) is 2.90. The lowest BCUT2D eigenvalue weighted by molar-refractivity contribution is -0.154. The molecule has 1 heterocycles. The zero-order chi connectivity index (χ0) is 19.8. The highest BCUT2D eigenvalue weighted by Gasteiger charge is 2.21. The van der Waals surface area contributed by atoms with Crippen molar-refractivity contribution in [3.8, 4) is 11.5 Å². The predicted octanol–water partition coefficient (Wildman–Crippen LogP) is 1.20. The van der Waals surface area contributed by atoms with Crippen molar-refractivity contribution in [3.63, 3.8) is 0 Å². The summed E-state index contributed by atoms with van der Waals surface area (Å²) in [5.74, 6) is -0.640. The standard InChI is InChI=1S/C18H22N2O7/c1-11(17(23)20-18(24)19-2)27-16(22)7-5-13(21)12-4-6-14-15(10-12)26-9-3-8-25-14/h4,6,10-11H,3,5,7-9H2,1-2H3,(H2,19,20,23,24)/t11-/m0/s1. The molecule has 1 aromatic carbocycles. The van der Waals surface area contributed by atoms with E-state index in [-0.39, 0.29) is 18.6 Å². The summed E-state index contributed by atoms with van der Waals surface area (Å²) >= 11 is 0. The van der Waals surface area contributed by atoms with Crippen LogP contribution in [0.3, 0.4) is 0 Å². The van der Waals surface area contributed by atoms with Gasteiger partial charge in [-0.05, 0) is 25.1 Å². The molecule has 0 aliphatic carbocycles. The molecular weight excluding hydrogens is 356 g/mol. The zero-order valence-electron chi connectivity index (χ0n) is 15.2. The van der Waals surface area contributed by atoms with Gasteiger partial charge < -0.3 is 19.5 Å². The van der Waals surface area contributed by atoms with Gasteiger partial charge in [0.15, 0.2) is 23.4 Å². The maximum Gasteiger partial charge on any atom is 0.321 e. The Morgan fingerprint density at radius 2 is 1.81 bits per heavy atom. The Kier molecular flexibility index (Phi) is 7.16. The number of esters is 1. The molecule has 3 amide bonds. The molecule has 27 heavy (non-hydrogen) atoms. The van der Waals surface area contributed by atoms with Crippen LogP contribution in [0.25, 0.3) is 0 Å². The molecule has 2 N–H and O–H groups in total. The van der Waals surface area contributed by atoms with Crippen LogP contribution in [-0.4, -0.2) is 50.1 Å². The number of imide groups is 1. The van der Waals surface area contributed by atoms with Gasteiger partial charge in [0.05, 0.1) is 19.6 Å². The molecule has 9 nitrogen and oxygen atoms in total. The van der Waals surface area contributed by atoms with Crippen molar-refractivity contribution in [3.05, 3.63) is 23.8 Å². The molecule has 0 bridgehead atoms. The van der Waals surface area contributed by atoms with Crippen molar-refractivity contribution in [2.75, 3.05) is 20.3 Å². The van der Waals surface area contributed by atoms with Gasteiger partial charge in [-0.15, -0.1) is 0 Å². The number of amides is 3. The van der Waals surface area contributed by atoms with E-state index in [1.807, 2.05) is 5.32 Å². The fourth-order valence-electron chi connectivity index (χ4n) is 2.28. The maximum absolute atomic E-state index is 12.3. The van der Waals surface area contributed by atoms with Gasteiger partial charge in [-0.25, -0.2) is 4.79 Å². The van der Waals surface area contributed by atoms with E-state index in [0.29, 0.717) is 30.3 Å². The first-order chi connectivity index (χ1) is 12.9. The topological polar surface area (TPSA) is 120 Å². The van der Waals surface area contributed by atoms with Crippen LogP contribution < -0.4 is 20.1 Å². The number of carbonyl (C=O) groups is 4. The van der Waals surface area contributed by atoms with Crippen molar-refractivity contribution in [2.24, 2.45) is 0 Å². The Bertz CT molecular complexity index is 732. The molecule has 0 unspecified atom stereocenters. The van der Waals surface area contributed by atoms with Gasteiger partial charge >= 0.3 is 12.0 Å². The number of Topliss-reactive ketones (excluding diaryl/α,β-unsaturated/α-hetero) is 1. The summed E-state index contributed by atoms with van der Waals surface area (Å²) in [5, 5.41) is 4.21. The van der Waals surface area contributed by atoms with Crippen LogP contribution in [0, 0.1) is 0 Å². The minimum atomic E-state index is -1.15. The molecule has 1 aliphatic rings. The molecule has 9 heteroatoms. The van der Waals surface area contributed by atoms with E-state index in [9.17, 15) is 19.2 Å². The van der Waals surface area contributed by atoms with E-state index in [2.05, 4.69) is 5.32 Å². The Labute approximate surface area is 156 Å². The van der Waals surface area contributed by atoms with Crippen LogP contribution in [0.1, 0.15) is 36.5 Å². The highest BCUT2D eigenvalue weighted by Crippen LogP contribution is 2.30. The van der Waals surface area contributed by atoms with Gasteiger partial charge in [0.25, 0.3) is 5.91 Å². The molecule has 1 aliphatic heterocycles. The minimum absolute atomic E-state index is 0.0811. The third-order valence-electron chi connectivity index (χ3n) is 3.77. The van der Waals surface area contributed by atoms with Crippen LogP contribution in [0.2, 0.25) is 0 Å². The highest BCUT2D eigenvalue weighted by molar-refractivity contribution is 5.99. The number of hydrogen-bond donors (Lipinski definition) is 2. The van der Waals surface area contributed by atoms with Gasteiger partial charge in [0.2, 0.25) is 0 Å². The van der Waals surface area contributed by atoms with Crippen LogP contribution >= 0.6 is 0 Å². The van der Waals surface area contributed by atoms with E-state index in [1.54, 1.807) is 18.2 Å². The maximum atomic E-state index is 12.3. The summed E-state index contributed by atoms with van der Waals surface area (Å²) in [6.45, 7) is 2.40. The fourth-order valence-corrected chi connectivity index (χ4v) is 2.28. The van der Waals surface area contributed by atoms with E-state index in [1.165, 1.54) is 14.0 Å². The number of benzene rings is 1. The summed E-state index contributed by atoms with van der Waals surface area (Å²) in [6, 6.07) is 4.17.